The number of benzene rings is 1. The van der Waals surface area contributed by atoms with E-state index in [9.17, 15) is 5.11 Å². The summed E-state index contributed by atoms with van der Waals surface area (Å²) in [6.07, 6.45) is 0.351. The molecule has 1 heterocycles. The first kappa shape index (κ1) is 11.7. The Balaban J connectivity index is 2.24. The van der Waals surface area contributed by atoms with E-state index in [-0.39, 0.29) is 0 Å². The molecular formula is C12H16N4O. The van der Waals surface area contributed by atoms with Crippen molar-refractivity contribution in [1.29, 1.82) is 0 Å². The highest BCUT2D eigenvalue weighted by atomic mass is 16.3. The van der Waals surface area contributed by atoms with Crippen molar-refractivity contribution in [2.75, 3.05) is 0 Å². The lowest BCUT2D eigenvalue weighted by Gasteiger charge is -2.22. The van der Waals surface area contributed by atoms with Gasteiger partial charge in [-0.3, -0.25) is 0 Å². The van der Waals surface area contributed by atoms with Gasteiger partial charge in [0.05, 0.1) is 12.6 Å². The zero-order valence-corrected chi connectivity index (χ0v) is 10.3. The third-order valence-corrected chi connectivity index (χ3v) is 2.69. The van der Waals surface area contributed by atoms with E-state index in [0.29, 0.717) is 12.2 Å². The average Bonchev–Trinajstić information content (AvgIpc) is 2.63. The lowest BCUT2D eigenvalue weighted by Crippen LogP contribution is -2.25. The van der Waals surface area contributed by atoms with Gasteiger partial charge in [-0.15, -0.1) is 10.2 Å². The summed E-state index contributed by atoms with van der Waals surface area (Å²) in [5.74, 6) is 0.541. The fourth-order valence-corrected chi connectivity index (χ4v) is 1.78. The zero-order valence-electron chi connectivity index (χ0n) is 10.3. The summed E-state index contributed by atoms with van der Waals surface area (Å²) >= 11 is 0. The topological polar surface area (TPSA) is 63.8 Å². The molecule has 0 spiro atoms. The molecule has 1 aromatic carbocycles. The van der Waals surface area contributed by atoms with Crippen LogP contribution in [0.5, 0.6) is 0 Å². The van der Waals surface area contributed by atoms with Crippen LogP contribution in [0.25, 0.3) is 0 Å². The summed E-state index contributed by atoms with van der Waals surface area (Å²) in [4.78, 5) is 1.39. The number of hydrogen-bond acceptors (Lipinski definition) is 4. The van der Waals surface area contributed by atoms with Gasteiger partial charge in [0.15, 0.2) is 5.82 Å². The second-order valence-electron chi connectivity index (χ2n) is 4.52. The van der Waals surface area contributed by atoms with Gasteiger partial charge in [-0.2, -0.15) is 4.80 Å². The Morgan fingerprint density at radius 2 is 2.18 bits per heavy atom. The van der Waals surface area contributed by atoms with Crippen LogP contribution in [0.2, 0.25) is 0 Å². The number of nitrogens with zero attached hydrogens (tertiary/aromatic N) is 4. The number of aliphatic hydroxyl groups is 1. The van der Waals surface area contributed by atoms with E-state index in [1.165, 1.54) is 4.80 Å². The van der Waals surface area contributed by atoms with E-state index in [1.807, 2.05) is 31.2 Å². The van der Waals surface area contributed by atoms with E-state index < -0.39 is 5.60 Å². The summed E-state index contributed by atoms with van der Waals surface area (Å²) in [6.45, 7) is 3.76. The molecule has 0 amide bonds. The van der Waals surface area contributed by atoms with Gasteiger partial charge in [0, 0.05) is 6.42 Å². The van der Waals surface area contributed by atoms with Gasteiger partial charge < -0.3 is 5.11 Å². The molecule has 0 aliphatic rings. The molecule has 2 rings (SSSR count). The van der Waals surface area contributed by atoms with E-state index in [1.54, 1.807) is 14.0 Å². The molecule has 1 atom stereocenters. The van der Waals surface area contributed by atoms with Crippen molar-refractivity contribution in [2.45, 2.75) is 25.9 Å². The zero-order chi connectivity index (χ0) is 12.5. The van der Waals surface area contributed by atoms with E-state index in [2.05, 4.69) is 15.4 Å². The fraction of sp³-hybridized carbons (Fsp3) is 0.417. The van der Waals surface area contributed by atoms with E-state index in [0.717, 1.165) is 11.1 Å². The molecule has 90 valence electrons. The first-order valence-electron chi connectivity index (χ1n) is 5.50. The Bertz CT molecular complexity index is 519. The number of hydrogen-bond donors (Lipinski definition) is 1. The Labute approximate surface area is 100 Å². The molecule has 1 N–H and O–H groups in total. The van der Waals surface area contributed by atoms with Crippen LogP contribution >= 0.6 is 0 Å². The summed E-state index contributed by atoms with van der Waals surface area (Å²) in [5, 5.41) is 22.2. The van der Waals surface area contributed by atoms with Crippen molar-refractivity contribution in [3.05, 3.63) is 41.2 Å². The largest absolute Gasteiger partial charge is 0.385 e. The van der Waals surface area contributed by atoms with Gasteiger partial charge >= 0.3 is 0 Å². The van der Waals surface area contributed by atoms with Gasteiger partial charge in [-0.05, 0) is 24.6 Å². The summed E-state index contributed by atoms with van der Waals surface area (Å²) in [7, 11) is 1.71. The Hall–Kier alpha value is -1.75. The fourth-order valence-electron chi connectivity index (χ4n) is 1.78. The van der Waals surface area contributed by atoms with Crippen LogP contribution in [0.15, 0.2) is 24.3 Å². The van der Waals surface area contributed by atoms with Crippen LogP contribution in [-0.2, 0) is 19.1 Å². The molecular weight excluding hydrogens is 216 g/mol. The minimum absolute atomic E-state index is 0.351. The highest BCUT2D eigenvalue weighted by Gasteiger charge is 2.25. The Kier molecular flexibility index (Phi) is 2.93. The van der Waals surface area contributed by atoms with Crippen LogP contribution in [0, 0.1) is 6.92 Å². The van der Waals surface area contributed by atoms with Crippen molar-refractivity contribution in [3.63, 3.8) is 0 Å². The normalized spacial score (nSPS) is 14.6. The molecule has 2 aromatic rings. The van der Waals surface area contributed by atoms with Crippen molar-refractivity contribution in [3.8, 4) is 0 Å². The Morgan fingerprint density at radius 1 is 1.41 bits per heavy atom. The van der Waals surface area contributed by atoms with Crippen LogP contribution in [0.3, 0.4) is 0 Å². The van der Waals surface area contributed by atoms with Crippen molar-refractivity contribution >= 4 is 0 Å². The molecule has 0 fully saturated rings. The van der Waals surface area contributed by atoms with Crippen LogP contribution in [-0.4, -0.2) is 25.3 Å². The first-order valence-corrected chi connectivity index (χ1v) is 5.50. The number of tetrazole rings is 1. The predicted molar refractivity (Wildman–Crippen MR) is 63.3 cm³/mol. The molecule has 0 aliphatic heterocycles. The minimum atomic E-state index is -0.977. The lowest BCUT2D eigenvalue weighted by molar-refractivity contribution is 0.0553. The molecule has 0 saturated carbocycles. The highest BCUT2D eigenvalue weighted by molar-refractivity contribution is 5.27. The van der Waals surface area contributed by atoms with Gasteiger partial charge in [0.1, 0.15) is 0 Å². The maximum Gasteiger partial charge on any atom is 0.178 e. The standard InChI is InChI=1S/C12H16N4O/c1-9-5-4-6-10(7-9)12(2,17)8-11-13-15-16(3)14-11/h4-7,17H,8H2,1-3H3. The molecule has 5 nitrogen and oxygen atoms in total. The molecule has 1 aromatic heterocycles. The SMILES string of the molecule is Cc1cccc(C(C)(O)Cc2nnn(C)n2)c1. The van der Waals surface area contributed by atoms with E-state index >= 15 is 0 Å². The number of aromatic nitrogens is 4. The summed E-state index contributed by atoms with van der Waals surface area (Å²) in [6, 6.07) is 7.81. The maximum atomic E-state index is 10.5. The maximum absolute atomic E-state index is 10.5. The summed E-state index contributed by atoms with van der Waals surface area (Å²) in [5.41, 5.74) is 1.01. The van der Waals surface area contributed by atoms with Crippen LogP contribution < -0.4 is 0 Å². The highest BCUT2D eigenvalue weighted by Crippen LogP contribution is 2.24. The predicted octanol–water partition coefficient (Wildman–Crippen LogP) is 0.969. The van der Waals surface area contributed by atoms with Gasteiger partial charge in [-0.25, -0.2) is 0 Å². The number of aryl methyl sites for hydroxylation is 2. The van der Waals surface area contributed by atoms with Crippen molar-refractivity contribution in [1.82, 2.24) is 20.2 Å². The minimum Gasteiger partial charge on any atom is -0.385 e. The Morgan fingerprint density at radius 3 is 2.76 bits per heavy atom. The molecule has 1 unspecified atom stereocenters. The number of rotatable bonds is 3. The quantitative estimate of drug-likeness (QED) is 0.856. The molecule has 5 heteroatoms. The van der Waals surface area contributed by atoms with Gasteiger partial charge in [-0.1, -0.05) is 29.8 Å². The van der Waals surface area contributed by atoms with Crippen LogP contribution in [0.4, 0.5) is 0 Å². The van der Waals surface area contributed by atoms with Gasteiger partial charge in [0.2, 0.25) is 0 Å². The third kappa shape index (κ3) is 2.68. The van der Waals surface area contributed by atoms with E-state index in [4.69, 9.17) is 0 Å². The average molecular weight is 232 g/mol. The molecule has 17 heavy (non-hydrogen) atoms. The third-order valence-electron chi connectivity index (χ3n) is 2.69. The lowest BCUT2D eigenvalue weighted by atomic mass is 9.91. The second kappa shape index (κ2) is 4.25. The summed E-state index contributed by atoms with van der Waals surface area (Å²) < 4.78 is 0. The first-order chi connectivity index (χ1) is 7.97. The van der Waals surface area contributed by atoms with Crippen molar-refractivity contribution in [2.24, 2.45) is 7.05 Å². The molecule has 0 bridgehead atoms. The molecule has 0 aliphatic carbocycles. The molecule has 0 saturated heterocycles. The second-order valence-corrected chi connectivity index (χ2v) is 4.52. The van der Waals surface area contributed by atoms with Crippen LogP contribution in [0.1, 0.15) is 23.9 Å². The van der Waals surface area contributed by atoms with Gasteiger partial charge in [0.25, 0.3) is 0 Å². The molecule has 0 radical (unpaired) electrons. The van der Waals surface area contributed by atoms with Crippen molar-refractivity contribution < 1.29 is 5.11 Å². The smallest absolute Gasteiger partial charge is 0.178 e. The monoisotopic (exact) mass is 232 g/mol.